The number of aromatic nitrogens is 3. The Labute approximate surface area is 168 Å². The van der Waals surface area contributed by atoms with Crippen molar-refractivity contribution in [1.82, 2.24) is 20.1 Å². The summed E-state index contributed by atoms with van der Waals surface area (Å²) in [6.07, 6.45) is 3.93. The number of hydrogen-bond acceptors (Lipinski definition) is 5. The Kier molecular flexibility index (Phi) is 6.33. The summed E-state index contributed by atoms with van der Waals surface area (Å²) >= 11 is 0. The van der Waals surface area contributed by atoms with Gasteiger partial charge in [-0.15, -0.1) is 0 Å². The monoisotopic (exact) mass is 396 g/mol. The van der Waals surface area contributed by atoms with Crippen LogP contribution in [0.2, 0.25) is 0 Å². The molecule has 0 aliphatic rings. The van der Waals surface area contributed by atoms with Crippen molar-refractivity contribution < 1.29 is 14.3 Å². The van der Waals surface area contributed by atoms with Crippen LogP contribution in [0.15, 0.2) is 47.5 Å². The predicted octanol–water partition coefficient (Wildman–Crippen LogP) is 2.07. The number of hydrogen-bond donors (Lipinski definition) is 2. The van der Waals surface area contributed by atoms with E-state index in [-0.39, 0.29) is 17.7 Å². The van der Waals surface area contributed by atoms with Gasteiger partial charge in [0, 0.05) is 18.9 Å². The molecule has 1 amide bonds. The summed E-state index contributed by atoms with van der Waals surface area (Å²) in [7, 11) is 3.17. The van der Waals surface area contributed by atoms with Gasteiger partial charge in [-0.05, 0) is 48.7 Å². The molecule has 8 nitrogen and oxygen atoms in total. The lowest BCUT2D eigenvalue weighted by molar-refractivity contribution is 0.0947. The van der Waals surface area contributed by atoms with Crippen LogP contribution in [0, 0.1) is 6.92 Å². The Morgan fingerprint density at radius 3 is 2.66 bits per heavy atom. The molecular formula is C21H24N4O4. The van der Waals surface area contributed by atoms with Crippen LogP contribution in [0.1, 0.15) is 27.2 Å². The zero-order valence-corrected chi connectivity index (χ0v) is 16.7. The highest BCUT2D eigenvalue weighted by molar-refractivity contribution is 5.95. The van der Waals surface area contributed by atoms with Crippen molar-refractivity contribution in [2.24, 2.45) is 0 Å². The Balaban J connectivity index is 1.74. The number of aromatic amines is 1. The SMILES string of the molecule is COc1ccc(CCn2ccc(C)c(C(=O)NCc3ccn[nH]3)c2=O)cc1OC. The van der Waals surface area contributed by atoms with Gasteiger partial charge in [0.25, 0.3) is 11.5 Å². The van der Waals surface area contributed by atoms with Crippen molar-refractivity contribution in [2.75, 3.05) is 14.2 Å². The van der Waals surface area contributed by atoms with E-state index in [9.17, 15) is 9.59 Å². The van der Waals surface area contributed by atoms with Crippen LogP contribution >= 0.6 is 0 Å². The first-order valence-electron chi connectivity index (χ1n) is 9.21. The zero-order chi connectivity index (χ0) is 20.8. The lowest BCUT2D eigenvalue weighted by Crippen LogP contribution is -2.34. The fraction of sp³-hybridized carbons (Fsp3) is 0.286. The predicted molar refractivity (Wildman–Crippen MR) is 108 cm³/mol. The van der Waals surface area contributed by atoms with Crippen molar-refractivity contribution in [3.63, 3.8) is 0 Å². The largest absolute Gasteiger partial charge is 0.493 e. The van der Waals surface area contributed by atoms with E-state index >= 15 is 0 Å². The van der Waals surface area contributed by atoms with Crippen molar-refractivity contribution >= 4 is 5.91 Å². The molecule has 152 valence electrons. The van der Waals surface area contributed by atoms with Gasteiger partial charge >= 0.3 is 0 Å². The summed E-state index contributed by atoms with van der Waals surface area (Å²) in [6, 6.07) is 9.19. The lowest BCUT2D eigenvalue weighted by atomic mass is 10.1. The molecule has 0 saturated heterocycles. The highest BCUT2D eigenvalue weighted by Crippen LogP contribution is 2.27. The van der Waals surface area contributed by atoms with E-state index in [0.29, 0.717) is 30.0 Å². The molecular weight excluding hydrogens is 372 g/mol. The van der Waals surface area contributed by atoms with E-state index in [2.05, 4.69) is 15.5 Å². The molecule has 2 heterocycles. The number of pyridine rings is 1. The summed E-state index contributed by atoms with van der Waals surface area (Å²) in [5.74, 6) is 0.891. The standard InChI is InChI=1S/C21H24N4O4/c1-14-7-10-25(11-8-15-4-5-17(28-2)18(12-15)29-3)21(27)19(14)20(26)22-13-16-6-9-23-24-16/h4-7,9-10,12H,8,11,13H2,1-3H3,(H,22,26)(H,23,24). The highest BCUT2D eigenvalue weighted by Gasteiger charge is 2.16. The topological polar surface area (TPSA) is 98.2 Å². The Morgan fingerprint density at radius 1 is 1.17 bits per heavy atom. The van der Waals surface area contributed by atoms with E-state index in [4.69, 9.17) is 9.47 Å². The van der Waals surface area contributed by atoms with Gasteiger partial charge in [0.2, 0.25) is 0 Å². The van der Waals surface area contributed by atoms with E-state index < -0.39 is 5.91 Å². The van der Waals surface area contributed by atoms with Crippen LogP contribution in [-0.4, -0.2) is 34.9 Å². The number of carbonyl (C=O) groups is 1. The molecule has 1 aromatic carbocycles. The molecule has 0 aliphatic heterocycles. The van der Waals surface area contributed by atoms with Crippen molar-refractivity contribution in [2.45, 2.75) is 26.4 Å². The first-order valence-corrected chi connectivity index (χ1v) is 9.21. The number of amides is 1. The van der Waals surface area contributed by atoms with Crippen molar-refractivity contribution in [3.05, 3.63) is 75.5 Å². The van der Waals surface area contributed by atoms with Gasteiger partial charge in [0.15, 0.2) is 11.5 Å². The number of benzene rings is 1. The molecule has 3 aromatic rings. The molecule has 0 saturated carbocycles. The Bertz CT molecular complexity index is 1040. The normalized spacial score (nSPS) is 10.6. The second-order valence-electron chi connectivity index (χ2n) is 6.58. The molecule has 2 aromatic heterocycles. The number of methoxy groups -OCH3 is 2. The number of carbonyl (C=O) groups excluding carboxylic acids is 1. The maximum absolute atomic E-state index is 12.9. The summed E-state index contributed by atoms with van der Waals surface area (Å²) in [5, 5.41) is 9.37. The third kappa shape index (κ3) is 4.66. The maximum atomic E-state index is 12.9. The Hall–Kier alpha value is -3.55. The molecule has 0 radical (unpaired) electrons. The van der Waals surface area contributed by atoms with E-state index in [1.807, 2.05) is 18.2 Å². The Morgan fingerprint density at radius 2 is 1.97 bits per heavy atom. The molecule has 0 unspecified atom stereocenters. The number of nitrogens with zero attached hydrogens (tertiary/aromatic N) is 2. The molecule has 0 fully saturated rings. The smallest absolute Gasteiger partial charge is 0.263 e. The summed E-state index contributed by atoms with van der Waals surface area (Å²) in [4.78, 5) is 25.4. The number of nitrogens with one attached hydrogen (secondary N) is 2. The van der Waals surface area contributed by atoms with Crippen LogP contribution in [0.4, 0.5) is 0 Å². The molecule has 29 heavy (non-hydrogen) atoms. The molecule has 0 bridgehead atoms. The first-order chi connectivity index (χ1) is 14.0. The summed E-state index contributed by atoms with van der Waals surface area (Å²) in [6.45, 7) is 2.47. The number of rotatable bonds is 8. The van der Waals surface area contributed by atoms with Gasteiger partial charge in [-0.1, -0.05) is 6.07 Å². The third-order valence-corrected chi connectivity index (χ3v) is 4.69. The fourth-order valence-electron chi connectivity index (χ4n) is 3.05. The molecule has 3 rings (SSSR count). The highest BCUT2D eigenvalue weighted by atomic mass is 16.5. The van der Waals surface area contributed by atoms with Crippen LogP contribution in [-0.2, 0) is 19.5 Å². The van der Waals surface area contributed by atoms with Crippen LogP contribution < -0.4 is 20.3 Å². The number of H-pyrrole nitrogens is 1. The maximum Gasteiger partial charge on any atom is 0.263 e. The molecule has 8 heteroatoms. The van der Waals surface area contributed by atoms with Gasteiger partial charge in [-0.3, -0.25) is 14.7 Å². The molecule has 0 spiro atoms. The fourth-order valence-corrected chi connectivity index (χ4v) is 3.05. The molecule has 2 N–H and O–H groups in total. The second kappa shape index (κ2) is 9.09. The van der Waals surface area contributed by atoms with Gasteiger partial charge < -0.3 is 19.4 Å². The zero-order valence-electron chi connectivity index (χ0n) is 16.7. The first kappa shape index (κ1) is 20.2. The number of aryl methyl sites for hydroxylation is 3. The number of ether oxygens (including phenoxy) is 2. The average molecular weight is 396 g/mol. The van der Waals surface area contributed by atoms with Crippen molar-refractivity contribution in [1.29, 1.82) is 0 Å². The molecule has 0 aliphatic carbocycles. The second-order valence-corrected chi connectivity index (χ2v) is 6.58. The van der Waals surface area contributed by atoms with Crippen LogP contribution in [0.25, 0.3) is 0 Å². The van der Waals surface area contributed by atoms with Crippen LogP contribution in [0.5, 0.6) is 11.5 Å². The average Bonchev–Trinajstić information content (AvgIpc) is 3.25. The van der Waals surface area contributed by atoms with E-state index in [0.717, 1.165) is 11.3 Å². The van der Waals surface area contributed by atoms with Gasteiger partial charge in [-0.2, -0.15) is 5.10 Å². The van der Waals surface area contributed by atoms with Crippen molar-refractivity contribution in [3.8, 4) is 11.5 Å². The van der Waals surface area contributed by atoms with Gasteiger partial charge in [-0.25, -0.2) is 0 Å². The minimum absolute atomic E-state index is 0.152. The minimum Gasteiger partial charge on any atom is -0.493 e. The molecule has 0 atom stereocenters. The minimum atomic E-state index is -0.400. The van der Waals surface area contributed by atoms with E-state index in [1.54, 1.807) is 50.2 Å². The van der Waals surface area contributed by atoms with E-state index in [1.165, 1.54) is 0 Å². The quantitative estimate of drug-likeness (QED) is 0.607. The summed E-state index contributed by atoms with van der Waals surface area (Å²) < 4.78 is 12.1. The lowest BCUT2D eigenvalue weighted by Gasteiger charge is -2.12. The van der Waals surface area contributed by atoms with Gasteiger partial charge in [0.1, 0.15) is 5.56 Å². The van der Waals surface area contributed by atoms with Crippen LogP contribution in [0.3, 0.4) is 0 Å². The van der Waals surface area contributed by atoms with Gasteiger partial charge in [0.05, 0.1) is 26.5 Å². The summed E-state index contributed by atoms with van der Waals surface area (Å²) in [5.41, 5.74) is 2.24. The third-order valence-electron chi connectivity index (χ3n) is 4.69.